The molecule has 0 aliphatic heterocycles. The second-order valence-corrected chi connectivity index (χ2v) is 6.12. The highest BCUT2D eigenvalue weighted by Gasteiger charge is 2.21. The molecule has 0 bridgehead atoms. The van der Waals surface area contributed by atoms with E-state index in [-0.39, 0.29) is 5.56 Å². The van der Waals surface area contributed by atoms with Crippen LogP contribution in [-0.2, 0) is 0 Å². The predicted octanol–water partition coefficient (Wildman–Crippen LogP) is 4.43. The number of benzene rings is 1. The van der Waals surface area contributed by atoms with Gasteiger partial charge in [0.05, 0.1) is 6.04 Å². The van der Waals surface area contributed by atoms with Crippen LogP contribution in [0.1, 0.15) is 16.5 Å². The van der Waals surface area contributed by atoms with Crippen LogP contribution in [0.2, 0.25) is 0 Å². The first kappa shape index (κ1) is 12.7. The minimum Gasteiger partial charge on any atom is -0.319 e. The maximum Gasteiger partial charge on any atom is 0.134 e. The zero-order valence-corrected chi connectivity index (χ0v) is 11.1. The third kappa shape index (κ3) is 2.16. The van der Waals surface area contributed by atoms with Crippen molar-refractivity contribution in [2.45, 2.75) is 6.04 Å². The van der Waals surface area contributed by atoms with Crippen molar-refractivity contribution in [3.63, 3.8) is 0 Å². The Labute approximate surface area is 115 Å². The smallest absolute Gasteiger partial charge is 0.134 e. The van der Waals surface area contributed by atoms with Crippen LogP contribution in [0.15, 0.2) is 29.6 Å². The van der Waals surface area contributed by atoms with Gasteiger partial charge in [0.15, 0.2) is 0 Å². The van der Waals surface area contributed by atoms with Gasteiger partial charge < -0.3 is 5.73 Å². The van der Waals surface area contributed by atoms with Crippen molar-refractivity contribution in [1.82, 2.24) is 0 Å². The van der Waals surface area contributed by atoms with Crippen LogP contribution in [0.4, 0.5) is 13.2 Å². The molecule has 19 heavy (non-hydrogen) atoms. The van der Waals surface area contributed by atoms with Gasteiger partial charge in [-0.05, 0) is 17.5 Å². The molecule has 1 aromatic carbocycles. The standard InChI is InChI=1S/C13H8F3NS2/c14-6-3-7(15)12(8(16)4-6)13(17)11-5-10-9(19-11)1-2-18-10/h1-5,13H,17H2. The number of fused-ring (bicyclic) bond motifs is 1. The van der Waals surface area contributed by atoms with Gasteiger partial charge in [0, 0.05) is 32.0 Å². The SMILES string of the molecule is NC(c1cc2sccc2s1)c1c(F)cc(F)cc1F. The average molecular weight is 299 g/mol. The summed E-state index contributed by atoms with van der Waals surface area (Å²) in [6, 6.07) is 4.11. The molecule has 0 aliphatic carbocycles. The van der Waals surface area contributed by atoms with Gasteiger partial charge in [0.25, 0.3) is 0 Å². The van der Waals surface area contributed by atoms with E-state index in [1.807, 2.05) is 17.5 Å². The molecule has 3 aromatic rings. The van der Waals surface area contributed by atoms with Crippen LogP contribution in [0, 0.1) is 17.5 Å². The monoisotopic (exact) mass is 299 g/mol. The van der Waals surface area contributed by atoms with Crippen LogP contribution in [-0.4, -0.2) is 0 Å². The molecule has 2 N–H and O–H groups in total. The lowest BCUT2D eigenvalue weighted by Crippen LogP contribution is -2.14. The summed E-state index contributed by atoms with van der Waals surface area (Å²) >= 11 is 2.93. The molecular formula is C13H8F3NS2. The Balaban J connectivity index is 2.09. The summed E-state index contributed by atoms with van der Waals surface area (Å²) in [5, 5.41) is 1.94. The zero-order chi connectivity index (χ0) is 13.6. The first-order valence-electron chi connectivity index (χ1n) is 5.43. The second-order valence-electron chi connectivity index (χ2n) is 4.06. The third-order valence-corrected chi connectivity index (χ3v) is 5.00. The number of rotatable bonds is 2. The number of hydrogen-bond acceptors (Lipinski definition) is 3. The first-order chi connectivity index (χ1) is 9.06. The summed E-state index contributed by atoms with van der Waals surface area (Å²) in [5.41, 5.74) is 5.61. The highest BCUT2D eigenvalue weighted by molar-refractivity contribution is 7.27. The van der Waals surface area contributed by atoms with Crippen molar-refractivity contribution in [1.29, 1.82) is 0 Å². The Morgan fingerprint density at radius 3 is 2.32 bits per heavy atom. The highest BCUT2D eigenvalue weighted by atomic mass is 32.1. The van der Waals surface area contributed by atoms with E-state index in [1.165, 1.54) is 22.7 Å². The van der Waals surface area contributed by atoms with Crippen molar-refractivity contribution >= 4 is 32.1 Å². The summed E-state index contributed by atoms with van der Waals surface area (Å²) in [4.78, 5) is 0.659. The van der Waals surface area contributed by atoms with Crippen LogP contribution in [0.25, 0.3) is 9.40 Å². The topological polar surface area (TPSA) is 26.0 Å². The van der Waals surface area contributed by atoms with Crippen molar-refractivity contribution in [2.75, 3.05) is 0 Å². The molecule has 0 fully saturated rings. The van der Waals surface area contributed by atoms with Crippen LogP contribution in [0.3, 0.4) is 0 Å². The molecule has 6 heteroatoms. The Morgan fingerprint density at radius 2 is 1.68 bits per heavy atom. The van der Waals surface area contributed by atoms with Crippen molar-refractivity contribution in [3.05, 3.63) is 57.5 Å². The van der Waals surface area contributed by atoms with Gasteiger partial charge in [-0.2, -0.15) is 0 Å². The van der Waals surface area contributed by atoms with E-state index in [4.69, 9.17) is 5.73 Å². The normalized spacial score (nSPS) is 13.1. The fourth-order valence-corrected chi connectivity index (χ4v) is 4.06. The number of nitrogens with two attached hydrogens (primary N) is 1. The molecule has 0 aliphatic rings. The molecule has 98 valence electrons. The molecule has 0 saturated heterocycles. The van der Waals surface area contributed by atoms with Crippen LogP contribution >= 0.6 is 22.7 Å². The lowest BCUT2D eigenvalue weighted by atomic mass is 10.0. The summed E-state index contributed by atoms with van der Waals surface area (Å²) in [6.07, 6.45) is 0. The van der Waals surface area contributed by atoms with Crippen molar-refractivity contribution < 1.29 is 13.2 Å². The van der Waals surface area contributed by atoms with E-state index in [9.17, 15) is 13.2 Å². The summed E-state index contributed by atoms with van der Waals surface area (Å²) in [7, 11) is 0. The Hall–Kier alpha value is -1.37. The average Bonchev–Trinajstić information content (AvgIpc) is 2.86. The summed E-state index contributed by atoms with van der Waals surface area (Å²) < 4.78 is 42.3. The highest BCUT2D eigenvalue weighted by Crippen LogP contribution is 2.36. The molecule has 0 spiro atoms. The molecule has 1 nitrogen and oxygen atoms in total. The van der Waals surface area contributed by atoms with E-state index in [2.05, 4.69) is 0 Å². The van der Waals surface area contributed by atoms with Crippen molar-refractivity contribution in [2.24, 2.45) is 5.73 Å². The quantitative estimate of drug-likeness (QED) is 0.744. The van der Waals surface area contributed by atoms with Gasteiger partial charge in [-0.15, -0.1) is 22.7 Å². The van der Waals surface area contributed by atoms with E-state index in [0.717, 1.165) is 9.40 Å². The van der Waals surface area contributed by atoms with E-state index >= 15 is 0 Å². The van der Waals surface area contributed by atoms with E-state index < -0.39 is 23.5 Å². The Morgan fingerprint density at radius 1 is 1.00 bits per heavy atom. The van der Waals surface area contributed by atoms with Gasteiger partial charge in [-0.3, -0.25) is 0 Å². The number of halogens is 3. The lowest BCUT2D eigenvalue weighted by molar-refractivity contribution is 0.516. The van der Waals surface area contributed by atoms with Gasteiger partial charge in [0.2, 0.25) is 0 Å². The number of thiophene rings is 2. The third-order valence-electron chi connectivity index (χ3n) is 2.82. The maximum atomic E-state index is 13.7. The Bertz CT molecular complexity index is 696. The lowest BCUT2D eigenvalue weighted by Gasteiger charge is -2.12. The fraction of sp³-hybridized carbons (Fsp3) is 0.0769. The van der Waals surface area contributed by atoms with E-state index in [1.54, 1.807) is 0 Å². The van der Waals surface area contributed by atoms with Crippen molar-refractivity contribution in [3.8, 4) is 0 Å². The van der Waals surface area contributed by atoms with Crippen LogP contribution in [0.5, 0.6) is 0 Å². The molecule has 0 amide bonds. The number of hydrogen-bond donors (Lipinski definition) is 1. The predicted molar refractivity (Wildman–Crippen MR) is 72.0 cm³/mol. The fourth-order valence-electron chi connectivity index (χ4n) is 1.93. The van der Waals surface area contributed by atoms with Gasteiger partial charge in [-0.25, -0.2) is 13.2 Å². The summed E-state index contributed by atoms with van der Waals surface area (Å²) in [5.74, 6) is -2.86. The molecule has 0 radical (unpaired) electrons. The maximum absolute atomic E-state index is 13.7. The molecule has 1 atom stereocenters. The summed E-state index contributed by atoms with van der Waals surface area (Å²) in [6.45, 7) is 0. The molecular weight excluding hydrogens is 291 g/mol. The largest absolute Gasteiger partial charge is 0.319 e. The minimum absolute atomic E-state index is 0.296. The second kappa shape index (κ2) is 4.63. The molecule has 0 saturated carbocycles. The molecule has 1 unspecified atom stereocenters. The first-order valence-corrected chi connectivity index (χ1v) is 7.13. The van der Waals surface area contributed by atoms with E-state index in [0.29, 0.717) is 17.0 Å². The molecule has 3 rings (SSSR count). The molecule has 2 heterocycles. The van der Waals surface area contributed by atoms with Gasteiger partial charge in [0.1, 0.15) is 17.5 Å². The zero-order valence-electron chi connectivity index (χ0n) is 9.49. The Kier molecular flexibility index (Phi) is 3.08. The van der Waals surface area contributed by atoms with Gasteiger partial charge in [-0.1, -0.05) is 0 Å². The van der Waals surface area contributed by atoms with Gasteiger partial charge >= 0.3 is 0 Å². The van der Waals surface area contributed by atoms with Crippen LogP contribution < -0.4 is 5.73 Å². The minimum atomic E-state index is -0.957. The molecule has 2 aromatic heterocycles.